The standard InChI is InChI=1S/C10H6F3N2/c11-10(12,13)9-8(6-14-15-9)7-4-2-1-3-5-7/h1-5H,(H,14,15). The van der Waals surface area contributed by atoms with Crippen LogP contribution in [0.2, 0.25) is 0 Å². The Hall–Kier alpha value is -1.78. The van der Waals surface area contributed by atoms with Gasteiger partial charge in [0.2, 0.25) is 0 Å². The van der Waals surface area contributed by atoms with Gasteiger partial charge in [-0.15, -0.1) is 0 Å². The fraction of sp³-hybridized carbons (Fsp3) is 0.100. The number of halogens is 3. The molecule has 0 saturated carbocycles. The molecule has 1 radical (unpaired) electrons. The van der Waals surface area contributed by atoms with Gasteiger partial charge in [0.25, 0.3) is 0 Å². The second kappa shape index (κ2) is 3.42. The number of hydrogen-bond acceptors (Lipinski definition) is 1. The predicted octanol–water partition coefficient (Wildman–Crippen LogP) is 2.90. The first-order chi connectivity index (χ1) is 7.09. The molecule has 2 nitrogen and oxygen atoms in total. The van der Waals surface area contributed by atoms with E-state index in [9.17, 15) is 13.2 Å². The largest absolute Gasteiger partial charge is 0.435 e. The Morgan fingerprint density at radius 2 is 1.80 bits per heavy atom. The Balaban J connectivity index is 2.51. The average molecular weight is 211 g/mol. The fourth-order valence-electron chi connectivity index (χ4n) is 1.27. The van der Waals surface area contributed by atoms with E-state index in [4.69, 9.17) is 0 Å². The topological polar surface area (TPSA) is 28.7 Å². The first kappa shape index (κ1) is 9.76. The van der Waals surface area contributed by atoms with Crippen molar-refractivity contribution in [3.05, 3.63) is 42.2 Å². The molecule has 5 heteroatoms. The second-order valence-electron chi connectivity index (χ2n) is 2.94. The average Bonchev–Trinajstić information content (AvgIpc) is 2.67. The molecule has 15 heavy (non-hydrogen) atoms. The molecule has 2 rings (SSSR count). The van der Waals surface area contributed by atoms with Crippen LogP contribution in [0.3, 0.4) is 0 Å². The third-order valence-corrected chi connectivity index (χ3v) is 1.92. The highest BCUT2D eigenvalue weighted by molar-refractivity contribution is 5.64. The number of hydrogen-bond donors (Lipinski definition) is 1. The van der Waals surface area contributed by atoms with Crippen molar-refractivity contribution in [2.24, 2.45) is 0 Å². The van der Waals surface area contributed by atoms with Gasteiger partial charge in [-0.25, -0.2) is 0 Å². The molecular weight excluding hydrogens is 205 g/mol. The number of aromatic amines is 1. The third kappa shape index (κ3) is 1.86. The zero-order valence-electron chi connectivity index (χ0n) is 7.47. The van der Waals surface area contributed by atoms with Crippen molar-refractivity contribution in [1.82, 2.24) is 10.2 Å². The van der Waals surface area contributed by atoms with Crippen LogP contribution in [0, 0.1) is 6.20 Å². The van der Waals surface area contributed by atoms with Crippen LogP contribution in [0.15, 0.2) is 30.3 Å². The predicted molar refractivity (Wildman–Crippen MR) is 47.9 cm³/mol. The third-order valence-electron chi connectivity index (χ3n) is 1.92. The molecule has 0 aliphatic rings. The monoisotopic (exact) mass is 211 g/mol. The molecular formula is C10H6F3N2. The number of aromatic nitrogens is 2. The molecule has 0 fully saturated rings. The van der Waals surface area contributed by atoms with Gasteiger partial charge in [-0.2, -0.15) is 18.3 Å². The van der Waals surface area contributed by atoms with E-state index < -0.39 is 11.9 Å². The van der Waals surface area contributed by atoms with E-state index in [1.807, 2.05) is 0 Å². The highest BCUT2D eigenvalue weighted by Gasteiger charge is 2.36. The smallest absolute Gasteiger partial charge is 0.275 e. The van der Waals surface area contributed by atoms with E-state index >= 15 is 0 Å². The van der Waals surface area contributed by atoms with Gasteiger partial charge >= 0.3 is 6.18 Å². The maximum Gasteiger partial charge on any atom is 0.435 e. The molecule has 1 heterocycles. The normalized spacial score (nSPS) is 11.7. The van der Waals surface area contributed by atoms with Gasteiger partial charge in [0.1, 0.15) is 0 Å². The second-order valence-corrected chi connectivity index (χ2v) is 2.94. The van der Waals surface area contributed by atoms with E-state index in [1.165, 1.54) is 0 Å². The first-order valence-corrected chi connectivity index (χ1v) is 4.17. The molecule has 0 unspecified atom stereocenters. The number of alkyl halides is 3. The molecule has 0 amide bonds. The summed E-state index contributed by atoms with van der Waals surface area (Å²) in [7, 11) is 0. The van der Waals surface area contributed by atoms with Crippen LogP contribution < -0.4 is 0 Å². The zero-order valence-corrected chi connectivity index (χ0v) is 7.47. The zero-order chi connectivity index (χ0) is 10.9. The van der Waals surface area contributed by atoms with E-state index in [0.717, 1.165) is 0 Å². The summed E-state index contributed by atoms with van der Waals surface area (Å²) in [5.74, 6) is 0. The summed E-state index contributed by atoms with van der Waals surface area (Å²) in [5, 5.41) is 5.27. The van der Waals surface area contributed by atoms with Crippen LogP contribution in [0.4, 0.5) is 13.2 Å². The molecule has 2 aromatic rings. The molecule has 1 aromatic heterocycles. The minimum absolute atomic E-state index is 0.0527. The lowest BCUT2D eigenvalue weighted by molar-refractivity contribution is -0.140. The van der Waals surface area contributed by atoms with E-state index in [2.05, 4.69) is 16.4 Å². The Labute approximate surface area is 83.7 Å². The molecule has 0 spiro atoms. The molecule has 0 aliphatic heterocycles. The highest BCUT2D eigenvalue weighted by Crippen LogP contribution is 2.34. The van der Waals surface area contributed by atoms with Crippen molar-refractivity contribution in [1.29, 1.82) is 0 Å². The lowest BCUT2D eigenvalue weighted by Crippen LogP contribution is -2.07. The van der Waals surface area contributed by atoms with Gasteiger partial charge in [-0.1, -0.05) is 30.3 Å². The van der Waals surface area contributed by atoms with Gasteiger partial charge in [0.05, 0.1) is 6.20 Å². The Morgan fingerprint density at radius 1 is 1.13 bits per heavy atom. The molecule has 0 aliphatic carbocycles. The summed E-state index contributed by atoms with van der Waals surface area (Å²) in [4.78, 5) is 0. The quantitative estimate of drug-likeness (QED) is 0.771. The van der Waals surface area contributed by atoms with Crippen LogP contribution in [-0.2, 0) is 6.18 Å². The van der Waals surface area contributed by atoms with Crippen LogP contribution in [0.5, 0.6) is 0 Å². The summed E-state index contributed by atoms with van der Waals surface area (Å²) in [6.45, 7) is 0. The van der Waals surface area contributed by atoms with Crippen molar-refractivity contribution in [2.75, 3.05) is 0 Å². The number of rotatable bonds is 1. The molecule has 0 atom stereocenters. The molecule has 77 valence electrons. The lowest BCUT2D eigenvalue weighted by atomic mass is 10.1. The SMILES string of the molecule is FC(F)(F)c1n[nH][c]c1-c1ccccc1. The van der Waals surface area contributed by atoms with Gasteiger partial charge in [0, 0.05) is 5.56 Å². The maximum atomic E-state index is 12.5. The number of nitrogens with one attached hydrogen (secondary N) is 1. The van der Waals surface area contributed by atoms with Gasteiger partial charge in [0.15, 0.2) is 5.69 Å². The Bertz CT molecular complexity index is 445. The molecule has 1 N–H and O–H groups in total. The molecule has 1 aromatic carbocycles. The van der Waals surface area contributed by atoms with Gasteiger partial charge in [-0.05, 0) is 5.56 Å². The summed E-state index contributed by atoms with van der Waals surface area (Å²) >= 11 is 0. The van der Waals surface area contributed by atoms with Gasteiger partial charge < -0.3 is 0 Å². The number of H-pyrrole nitrogens is 1. The van der Waals surface area contributed by atoms with E-state index in [1.54, 1.807) is 30.3 Å². The van der Waals surface area contributed by atoms with Crippen LogP contribution in [-0.4, -0.2) is 10.2 Å². The summed E-state index contributed by atoms with van der Waals surface area (Å²) in [6, 6.07) is 8.22. The highest BCUT2D eigenvalue weighted by atomic mass is 19.4. The summed E-state index contributed by atoms with van der Waals surface area (Å²) < 4.78 is 37.4. The number of benzene rings is 1. The van der Waals surface area contributed by atoms with Crippen molar-refractivity contribution < 1.29 is 13.2 Å². The van der Waals surface area contributed by atoms with Gasteiger partial charge in [-0.3, -0.25) is 5.10 Å². The minimum Gasteiger partial charge on any atom is -0.275 e. The maximum absolute atomic E-state index is 12.5. The van der Waals surface area contributed by atoms with E-state index in [0.29, 0.717) is 5.56 Å². The van der Waals surface area contributed by atoms with E-state index in [-0.39, 0.29) is 5.56 Å². The summed E-state index contributed by atoms with van der Waals surface area (Å²) in [5.41, 5.74) is -0.546. The van der Waals surface area contributed by atoms with Crippen molar-refractivity contribution in [2.45, 2.75) is 6.18 Å². The Morgan fingerprint density at radius 3 is 2.40 bits per heavy atom. The lowest BCUT2D eigenvalue weighted by Gasteiger charge is -2.05. The minimum atomic E-state index is -4.46. The Kier molecular flexibility index (Phi) is 2.22. The fourth-order valence-corrected chi connectivity index (χ4v) is 1.27. The first-order valence-electron chi connectivity index (χ1n) is 4.17. The van der Waals surface area contributed by atoms with Crippen molar-refractivity contribution in [3.8, 4) is 11.1 Å². The van der Waals surface area contributed by atoms with Crippen molar-refractivity contribution >= 4 is 0 Å². The summed E-state index contributed by atoms with van der Waals surface area (Å²) in [6.07, 6.45) is -2.08. The number of nitrogens with zero attached hydrogens (tertiary/aromatic N) is 1. The molecule has 0 bridgehead atoms. The molecule has 0 saturated heterocycles. The van der Waals surface area contributed by atoms with Crippen LogP contribution in [0.1, 0.15) is 5.69 Å². The van der Waals surface area contributed by atoms with Crippen LogP contribution in [0.25, 0.3) is 11.1 Å². The van der Waals surface area contributed by atoms with Crippen LogP contribution >= 0.6 is 0 Å². The van der Waals surface area contributed by atoms with Crippen molar-refractivity contribution in [3.63, 3.8) is 0 Å².